The maximum Gasteiger partial charge on any atom is 0.183 e. The lowest BCUT2D eigenvalue weighted by atomic mass is 9.92. The Balaban J connectivity index is 2.51. The van der Waals surface area contributed by atoms with E-state index in [2.05, 4.69) is 75.2 Å². The van der Waals surface area contributed by atoms with Gasteiger partial charge in [-0.1, -0.05) is 68.2 Å². The highest BCUT2D eigenvalue weighted by Crippen LogP contribution is 2.26. The van der Waals surface area contributed by atoms with E-state index >= 15 is 0 Å². The van der Waals surface area contributed by atoms with Gasteiger partial charge in [0.15, 0.2) is 5.78 Å². The average Bonchev–Trinajstić information content (AvgIpc) is 3.18. The molecule has 2 rings (SSSR count). The molecule has 0 spiro atoms. The van der Waals surface area contributed by atoms with E-state index in [-0.39, 0.29) is 11.7 Å². The first kappa shape index (κ1) is 30.7. The van der Waals surface area contributed by atoms with Crippen LogP contribution in [0.15, 0.2) is 118 Å². The third kappa shape index (κ3) is 8.51. The van der Waals surface area contributed by atoms with Crippen LogP contribution in [0.1, 0.15) is 60.3 Å². The van der Waals surface area contributed by atoms with Crippen LogP contribution in [0.3, 0.4) is 0 Å². The minimum atomic E-state index is -0.120. The van der Waals surface area contributed by atoms with Crippen LogP contribution in [-0.2, 0) is 4.79 Å². The molecule has 0 radical (unpaired) electrons. The van der Waals surface area contributed by atoms with Crippen molar-refractivity contribution in [1.82, 2.24) is 4.90 Å². The van der Waals surface area contributed by atoms with Gasteiger partial charge in [0.05, 0.1) is 11.4 Å². The zero-order valence-electron chi connectivity index (χ0n) is 24.4. The van der Waals surface area contributed by atoms with Gasteiger partial charge >= 0.3 is 0 Å². The Labute approximate surface area is 230 Å². The van der Waals surface area contributed by atoms with Gasteiger partial charge in [0, 0.05) is 44.0 Å². The minimum absolute atomic E-state index is 0.103. The molecule has 1 saturated heterocycles. The van der Waals surface area contributed by atoms with Crippen LogP contribution in [-0.4, -0.2) is 42.2 Å². The summed E-state index contributed by atoms with van der Waals surface area (Å²) in [6, 6.07) is 0. The first-order valence-corrected chi connectivity index (χ1v) is 13.4. The van der Waals surface area contributed by atoms with Crippen molar-refractivity contribution >= 4 is 17.2 Å². The SMILES string of the molecule is C=C/C(C)=C\C(C)/C(=C\C(=NC)C1=CC(=O)C(=C)CC(/C(C)=C\C(=C/C)N2CCCC(=C)CC2)=N1)C(=C)C. The monoisotopic (exact) mass is 511 g/mol. The summed E-state index contributed by atoms with van der Waals surface area (Å²) in [5.41, 5.74) is 9.10. The molecule has 202 valence electrons. The lowest BCUT2D eigenvalue weighted by Gasteiger charge is -2.24. The molecule has 2 heterocycles. The fraction of sp³-hybridized carbons (Fsp3) is 0.382. The van der Waals surface area contributed by atoms with E-state index in [1.54, 1.807) is 13.1 Å². The third-order valence-electron chi connectivity index (χ3n) is 7.04. The zero-order valence-corrected chi connectivity index (χ0v) is 24.4. The van der Waals surface area contributed by atoms with E-state index < -0.39 is 0 Å². The summed E-state index contributed by atoms with van der Waals surface area (Å²) in [5.74, 6) is -0.0166. The van der Waals surface area contributed by atoms with Crippen LogP contribution in [0.25, 0.3) is 0 Å². The minimum Gasteiger partial charge on any atom is -0.371 e. The Morgan fingerprint density at radius 3 is 2.47 bits per heavy atom. The van der Waals surface area contributed by atoms with Crippen LogP contribution in [0.5, 0.6) is 0 Å². The molecule has 0 aromatic rings. The normalized spacial score (nSPS) is 20.0. The van der Waals surface area contributed by atoms with Crippen LogP contribution in [0.2, 0.25) is 0 Å². The van der Waals surface area contributed by atoms with Crippen LogP contribution in [0.4, 0.5) is 0 Å². The molecule has 1 unspecified atom stereocenters. The lowest BCUT2D eigenvalue weighted by Crippen LogP contribution is -2.23. The van der Waals surface area contributed by atoms with Gasteiger partial charge in [0.25, 0.3) is 0 Å². The van der Waals surface area contributed by atoms with Crippen molar-refractivity contribution in [1.29, 1.82) is 0 Å². The molecule has 0 N–H and O–H groups in total. The summed E-state index contributed by atoms with van der Waals surface area (Å²) in [4.78, 5) is 24.9. The Morgan fingerprint density at radius 2 is 1.87 bits per heavy atom. The Morgan fingerprint density at radius 1 is 1.16 bits per heavy atom. The summed E-state index contributed by atoms with van der Waals surface area (Å²) in [6.45, 7) is 28.5. The van der Waals surface area contributed by atoms with Crippen molar-refractivity contribution in [3.05, 3.63) is 108 Å². The predicted molar refractivity (Wildman–Crippen MR) is 166 cm³/mol. The molecular formula is C34H45N3O. The van der Waals surface area contributed by atoms with Crippen LogP contribution in [0, 0.1) is 5.92 Å². The summed E-state index contributed by atoms with van der Waals surface area (Å²) in [5, 5.41) is 0. The summed E-state index contributed by atoms with van der Waals surface area (Å²) in [6.07, 6.45) is 15.5. The fourth-order valence-electron chi connectivity index (χ4n) is 4.66. The van der Waals surface area contributed by atoms with Crippen molar-refractivity contribution in [3.63, 3.8) is 0 Å². The number of hydrogen-bond acceptors (Lipinski definition) is 4. The second kappa shape index (κ2) is 14.4. The van der Waals surface area contributed by atoms with E-state index in [1.807, 2.05) is 26.0 Å². The van der Waals surface area contributed by atoms with Crippen molar-refractivity contribution in [2.75, 3.05) is 20.1 Å². The van der Waals surface area contributed by atoms with E-state index in [9.17, 15) is 4.79 Å². The standard InChI is InChI=1S/C34H45N3O/c1-11-24(5)18-26(7)30(23(3)4)21-32(35-10)33-22-34(38)28(9)20-31(36-33)27(8)19-29(12-2)37-16-13-14-25(6)15-17-37/h11-12,18-19,21-22,26H,1,3,6,9,13-17,20H2,2,4-5,7-8,10H3/b24-18-,27-19-,29-12+,30-21-,35-32?. The molecule has 4 heteroatoms. The van der Waals surface area contributed by atoms with Gasteiger partial charge in [-0.15, -0.1) is 0 Å². The lowest BCUT2D eigenvalue weighted by molar-refractivity contribution is -0.111. The predicted octanol–water partition coefficient (Wildman–Crippen LogP) is 8.07. The topological polar surface area (TPSA) is 45.0 Å². The van der Waals surface area contributed by atoms with E-state index in [4.69, 9.17) is 4.99 Å². The maximum absolute atomic E-state index is 12.9. The molecule has 2 aliphatic heterocycles. The molecule has 2 aliphatic rings. The highest BCUT2D eigenvalue weighted by Gasteiger charge is 2.20. The van der Waals surface area contributed by atoms with Gasteiger partial charge in [0.2, 0.25) is 0 Å². The molecule has 0 saturated carbocycles. The Kier molecular flexibility index (Phi) is 11.6. The van der Waals surface area contributed by atoms with Crippen molar-refractivity contribution in [2.45, 2.75) is 60.3 Å². The molecule has 1 atom stereocenters. The summed E-state index contributed by atoms with van der Waals surface area (Å²) in [7, 11) is 1.73. The second-order valence-electron chi connectivity index (χ2n) is 10.3. The van der Waals surface area contributed by atoms with Gasteiger partial charge < -0.3 is 4.90 Å². The molecule has 38 heavy (non-hydrogen) atoms. The Hall–Kier alpha value is -3.53. The number of allylic oxidation sites excluding steroid dienone is 11. The van der Waals surface area contributed by atoms with Crippen LogP contribution >= 0.6 is 0 Å². The second-order valence-corrected chi connectivity index (χ2v) is 10.3. The average molecular weight is 512 g/mol. The number of carbonyl (C=O) groups excluding carboxylic acids is 1. The molecule has 4 nitrogen and oxygen atoms in total. The summed E-state index contributed by atoms with van der Waals surface area (Å²) >= 11 is 0. The highest BCUT2D eigenvalue weighted by atomic mass is 16.1. The largest absolute Gasteiger partial charge is 0.371 e. The third-order valence-corrected chi connectivity index (χ3v) is 7.04. The number of rotatable bonds is 9. The van der Waals surface area contributed by atoms with Crippen molar-refractivity contribution in [2.24, 2.45) is 15.9 Å². The maximum atomic E-state index is 12.9. The number of carbonyl (C=O) groups is 1. The van der Waals surface area contributed by atoms with Crippen molar-refractivity contribution < 1.29 is 4.79 Å². The fourth-order valence-corrected chi connectivity index (χ4v) is 4.66. The number of nitrogens with zero attached hydrogens (tertiary/aromatic N) is 3. The van der Waals surface area contributed by atoms with Crippen LogP contribution < -0.4 is 0 Å². The van der Waals surface area contributed by atoms with E-state index in [0.29, 0.717) is 23.4 Å². The van der Waals surface area contributed by atoms with Gasteiger partial charge in [-0.05, 0) is 81.7 Å². The number of aliphatic imine (C=N–C) groups is 2. The molecule has 0 amide bonds. The Bertz CT molecular complexity index is 1210. The molecular weight excluding hydrogens is 466 g/mol. The first-order valence-electron chi connectivity index (χ1n) is 13.4. The van der Waals surface area contributed by atoms with Gasteiger partial charge in [-0.3, -0.25) is 14.8 Å². The number of likely N-dealkylation sites (tertiary alicyclic amines) is 1. The first-order chi connectivity index (χ1) is 18.0. The molecule has 0 bridgehead atoms. The van der Waals surface area contributed by atoms with Gasteiger partial charge in [-0.25, -0.2) is 0 Å². The highest BCUT2D eigenvalue weighted by molar-refractivity contribution is 6.20. The van der Waals surface area contributed by atoms with Gasteiger partial charge in [0.1, 0.15) is 0 Å². The number of ketones is 1. The molecule has 0 aromatic heterocycles. The zero-order chi connectivity index (χ0) is 28.4. The van der Waals surface area contributed by atoms with Crippen molar-refractivity contribution in [3.8, 4) is 0 Å². The summed E-state index contributed by atoms with van der Waals surface area (Å²) < 4.78 is 0. The quantitative estimate of drug-likeness (QED) is 0.136. The van der Waals surface area contributed by atoms with Gasteiger partial charge in [-0.2, -0.15) is 0 Å². The van der Waals surface area contributed by atoms with E-state index in [0.717, 1.165) is 60.4 Å². The molecule has 0 aromatic carbocycles. The molecule has 0 aliphatic carbocycles. The number of hydrogen-bond donors (Lipinski definition) is 0. The van der Waals surface area contributed by atoms with E-state index in [1.165, 1.54) is 11.3 Å². The molecule has 1 fully saturated rings. The smallest absolute Gasteiger partial charge is 0.183 e.